The standard InChI is InChI=1S/C13H15N3O2.H2/c1-9(17)15-10-4-5-13(18-3)11(8-10)12-6-7-14-16(12)2;/h4-8H,1-3H3,(H,15,17);1H. The highest BCUT2D eigenvalue weighted by atomic mass is 16.5. The van der Waals surface area contributed by atoms with E-state index in [0.717, 1.165) is 22.7 Å². The Morgan fingerprint density at radius 2 is 2.22 bits per heavy atom. The van der Waals surface area contributed by atoms with Crippen molar-refractivity contribution in [2.24, 2.45) is 7.05 Å². The van der Waals surface area contributed by atoms with Gasteiger partial charge in [-0.2, -0.15) is 5.10 Å². The summed E-state index contributed by atoms with van der Waals surface area (Å²) in [6.07, 6.45) is 1.72. The second-order valence-electron chi connectivity index (χ2n) is 3.94. The molecule has 0 fully saturated rings. The Bertz CT molecular complexity index is 581. The second-order valence-corrected chi connectivity index (χ2v) is 3.94. The molecule has 1 amide bonds. The maximum Gasteiger partial charge on any atom is 0.221 e. The predicted molar refractivity (Wildman–Crippen MR) is 71.6 cm³/mol. The van der Waals surface area contributed by atoms with Gasteiger partial charge in [-0.05, 0) is 24.3 Å². The van der Waals surface area contributed by atoms with Gasteiger partial charge in [-0.25, -0.2) is 0 Å². The summed E-state index contributed by atoms with van der Waals surface area (Å²) >= 11 is 0. The van der Waals surface area contributed by atoms with E-state index >= 15 is 0 Å². The third-order valence-electron chi connectivity index (χ3n) is 2.62. The first-order chi connectivity index (χ1) is 8.61. The van der Waals surface area contributed by atoms with Gasteiger partial charge < -0.3 is 10.1 Å². The number of benzene rings is 1. The van der Waals surface area contributed by atoms with E-state index < -0.39 is 0 Å². The van der Waals surface area contributed by atoms with Gasteiger partial charge in [-0.3, -0.25) is 9.48 Å². The highest BCUT2D eigenvalue weighted by molar-refractivity contribution is 5.90. The molecule has 1 aromatic carbocycles. The van der Waals surface area contributed by atoms with Crippen molar-refractivity contribution in [3.63, 3.8) is 0 Å². The summed E-state index contributed by atoms with van der Waals surface area (Å²) in [5, 5.41) is 6.89. The van der Waals surface area contributed by atoms with Crippen molar-refractivity contribution < 1.29 is 11.0 Å². The van der Waals surface area contributed by atoms with Crippen LogP contribution in [-0.2, 0) is 11.8 Å². The fraction of sp³-hybridized carbons (Fsp3) is 0.231. The third kappa shape index (κ3) is 2.34. The van der Waals surface area contributed by atoms with Crippen molar-refractivity contribution in [3.8, 4) is 17.0 Å². The highest BCUT2D eigenvalue weighted by Gasteiger charge is 2.10. The molecule has 1 heterocycles. The number of nitrogens with zero attached hydrogens (tertiary/aromatic N) is 2. The summed E-state index contributed by atoms with van der Waals surface area (Å²) in [7, 11) is 3.48. The van der Waals surface area contributed by atoms with E-state index in [1.807, 2.05) is 25.2 Å². The SMILES string of the molecule is COc1ccc(NC(C)=O)cc1-c1ccnn1C.[HH]. The Hall–Kier alpha value is -2.30. The van der Waals surface area contributed by atoms with Gasteiger partial charge in [0.25, 0.3) is 0 Å². The molecule has 2 aromatic rings. The summed E-state index contributed by atoms with van der Waals surface area (Å²) in [4.78, 5) is 11.1. The molecule has 5 heteroatoms. The van der Waals surface area contributed by atoms with E-state index in [1.165, 1.54) is 6.92 Å². The minimum Gasteiger partial charge on any atom is -0.496 e. The minimum absolute atomic E-state index is 0. The van der Waals surface area contributed by atoms with E-state index in [2.05, 4.69) is 10.4 Å². The maximum absolute atomic E-state index is 11.1. The van der Waals surface area contributed by atoms with Crippen molar-refractivity contribution in [1.29, 1.82) is 0 Å². The fourth-order valence-electron chi connectivity index (χ4n) is 1.83. The zero-order valence-electron chi connectivity index (χ0n) is 10.6. The molecule has 96 valence electrons. The Morgan fingerprint density at radius 1 is 1.44 bits per heavy atom. The number of ether oxygens (including phenoxy) is 1. The van der Waals surface area contributed by atoms with Gasteiger partial charge in [0.05, 0.1) is 12.8 Å². The Kier molecular flexibility index (Phi) is 3.32. The minimum atomic E-state index is -0.101. The summed E-state index contributed by atoms with van der Waals surface area (Å²) in [6, 6.07) is 7.40. The van der Waals surface area contributed by atoms with Crippen molar-refractivity contribution >= 4 is 11.6 Å². The first-order valence-corrected chi connectivity index (χ1v) is 5.56. The largest absolute Gasteiger partial charge is 0.496 e. The van der Waals surface area contributed by atoms with Gasteiger partial charge >= 0.3 is 0 Å². The molecule has 0 aliphatic rings. The number of aromatic nitrogens is 2. The lowest BCUT2D eigenvalue weighted by Gasteiger charge is -2.11. The summed E-state index contributed by atoms with van der Waals surface area (Å²) in [5.41, 5.74) is 2.56. The lowest BCUT2D eigenvalue weighted by Crippen LogP contribution is -2.06. The number of carbonyl (C=O) groups excluding carboxylic acids is 1. The van der Waals surface area contributed by atoms with Crippen LogP contribution >= 0.6 is 0 Å². The van der Waals surface area contributed by atoms with Crippen LogP contribution in [0.25, 0.3) is 11.3 Å². The first-order valence-electron chi connectivity index (χ1n) is 5.56. The van der Waals surface area contributed by atoms with Crippen LogP contribution in [0, 0.1) is 0 Å². The number of aryl methyl sites for hydroxylation is 1. The van der Waals surface area contributed by atoms with Crippen LogP contribution in [0.5, 0.6) is 5.75 Å². The van der Waals surface area contributed by atoms with Crippen LogP contribution in [0.3, 0.4) is 0 Å². The maximum atomic E-state index is 11.1. The molecule has 0 saturated carbocycles. The van der Waals surface area contributed by atoms with Crippen molar-refractivity contribution in [1.82, 2.24) is 9.78 Å². The first kappa shape index (κ1) is 12.2. The lowest BCUT2D eigenvalue weighted by molar-refractivity contribution is -0.114. The smallest absolute Gasteiger partial charge is 0.221 e. The number of amides is 1. The predicted octanol–water partition coefficient (Wildman–Crippen LogP) is 2.30. The molecular weight excluding hydrogens is 230 g/mol. The van der Waals surface area contributed by atoms with Gasteiger partial charge in [-0.15, -0.1) is 0 Å². The zero-order chi connectivity index (χ0) is 13.1. The molecule has 2 rings (SSSR count). The number of carbonyl (C=O) groups is 1. The summed E-state index contributed by atoms with van der Waals surface area (Å²) < 4.78 is 7.09. The Balaban J connectivity index is 0.00000180. The van der Waals surface area contributed by atoms with E-state index in [9.17, 15) is 4.79 Å². The average Bonchev–Trinajstić information content (AvgIpc) is 2.74. The van der Waals surface area contributed by atoms with E-state index in [1.54, 1.807) is 24.1 Å². The van der Waals surface area contributed by atoms with Crippen molar-refractivity contribution in [2.75, 3.05) is 12.4 Å². The number of hydrogen-bond donors (Lipinski definition) is 1. The zero-order valence-corrected chi connectivity index (χ0v) is 10.6. The lowest BCUT2D eigenvalue weighted by atomic mass is 10.1. The van der Waals surface area contributed by atoms with Crippen LogP contribution in [-0.4, -0.2) is 22.8 Å². The number of methoxy groups -OCH3 is 1. The van der Waals surface area contributed by atoms with Crippen molar-refractivity contribution in [2.45, 2.75) is 6.92 Å². The molecule has 1 N–H and O–H groups in total. The summed E-state index contributed by atoms with van der Waals surface area (Å²) in [5.74, 6) is 0.642. The number of anilines is 1. The summed E-state index contributed by atoms with van der Waals surface area (Å²) in [6.45, 7) is 1.48. The van der Waals surface area contributed by atoms with Crippen LogP contribution in [0.4, 0.5) is 5.69 Å². The molecule has 0 saturated heterocycles. The number of rotatable bonds is 3. The van der Waals surface area contributed by atoms with Gasteiger partial charge in [0.15, 0.2) is 0 Å². The van der Waals surface area contributed by atoms with Gasteiger partial charge in [0.1, 0.15) is 5.75 Å². The Labute approximate surface area is 107 Å². The van der Waals surface area contributed by atoms with Gasteiger partial charge in [0, 0.05) is 32.8 Å². The van der Waals surface area contributed by atoms with Crippen LogP contribution in [0.15, 0.2) is 30.5 Å². The fourth-order valence-corrected chi connectivity index (χ4v) is 1.83. The molecule has 0 aliphatic carbocycles. The molecule has 18 heavy (non-hydrogen) atoms. The van der Waals surface area contributed by atoms with E-state index in [-0.39, 0.29) is 7.33 Å². The molecular formula is C13H17N3O2. The Morgan fingerprint density at radius 3 is 2.78 bits per heavy atom. The molecule has 0 unspecified atom stereocenters. The van der Waals surface area contributed by atoms with Gasteiger partial charge in [-0.1, -0.05) is 0 Å². The van der Waals surface area contributed by atoms with Crippen LogP contribution in [0.1, 0.15) is 8.35 Å². The average molecular weight is 247 g/mol. The number of nitrogens with one attached hydrogen (secondary N) is 1. The highest BCUT2D eigenvalue weighted by Crippen LogP contribution is 2.32. The van der Waals surface area contributed by atoms with Gasteiger partial charge in [0.2, 0.25) is 5.91 Å². The van der Waals surface area contributed by atoms with E-state index in [4.69, 9.17) is 4.74 Å². The quantitative estimate of drug-likeness (QED) is 0.905. The normalized spacial score (nSPS) is 10.2. The molecule has 0 atom stereocenters. The molecule has 1 aromatic heterocycles. The van der Waals surface area contributed by atoms with Crippen molar-refractivity contribution in [3.05, 3.63) is 30.5 Å². The van der Waals surface area contributed by atoms with Crippen LogP contribution in [0.2, 0.25) is 0 Å². The second kappa shape index (κ2) is 4.91. The topological polar surface area (TPSA) is 56.1 Å². The van der Waals surface area contributed by atoms with E-state index in [0.29, 0.717) is 0 Å². The van der Waals surface area contributed by atoms with Crippen LogP contribution < -0.4 is 10.1 Å². The molecule has 0 radical (unpaired) electrons. The molecule has 5 nitrogen and oxygen atoms in total. The molecule has 0 spiro atoms. The number of hydrogen-bond acceptors (Lipinski definition) is 3. The molecule has 0 bridgehead atoms. The molecule has 0 aliphatic heterocycles. The third-order valence-corrected chi connectivity index (χ3v) is 2.62. The monoisotopic (exact) mass is 247 g/mol.